The molecule has 0 saturated heterocycles. The first kappa shape index (κ1) is 15.0. The van der Waals surface area contributed by atoms with Gasteiger partial charge >= 0.3 is 0 Å². The topological polar surface area (TPSA) is 33.2 Å². The number of carbonyl (C=O) groups excluding carboxylic acids is 1. The zero-order chi connectivity index (χ0) is 16.7. The summed E-state index contributed by atoms with van der Waals surface area (Å²) in [6.07, 6.45) is 0.858. The molecular formula is C19H15FN2OS. The van der Waals surface area contributed by atoms with Crippen LogP contribution in [0.4, 0.5) is 10.1 Å². The summed E-state index contributed by atoms with van der Waals surface area (Å²) in [6, 6.07) is 14.2. The molecule has 1 amide bonds. The molecule has 1 atom stereocenters. The van der Waals surface area contributed by atoms with E-state index in [1.54, 1.807) is 17.5 Å². The highest BCUT2D eigenvalue weighted by Gasteiger charge is 2.32. The molecule has 2 heterocycles. The highest BCUT2D eigenvalue weighted by Crippen LogP contribution is 2.34. The number of hydrogen-bond donors (Lipinski definition) is 0. The standard InChI is InChI=1S/C19H15FN2OS/c1-12-10-14-4-2-3-5-17(14)22(12)19(23)16-11-24-18(21-16)13-6-8-15(20)9-7-13/h2-9,11-12H,10H2,1H3. The summed E-state index contributed by atoms with van der Waals surface area (Å²) in [5.41, 5.74) is 3.40. The molecule has 0 aliphatic carbocycles. The third-order valence-corrected chi connectivity index (χ3v) is 5.13. The summed E-state index contributed by atoms with van der Waals surface area (Å²) in [6.45, 7) is 2.05. The molecule has 1 aromatic heterocycles. The van der Waals surface area contributed by atoms with Crippen molar-refractivity contribution in [3.8, 4) is 10.6 Å². The molecule has 3 aromatic rings. The van der Waals surface area contributed by atoms with Crippen LogP contribution in [0.1, 0.15) is 23.0 Å². The first-order valence-electron chi connectivity index (χ1n) is 7.76. The highest BCUT2D eigenvalue weighted by molar-refractivity contribution is 7.13. The van der Waals surface area contributed by atoms with Gasteiger partial charge in [0.2, 0.25) is 0 Å². The van der Waals surface area contributed by atoms with Gasteiger partial charge in [0.15, 0.2) is 0 Å². The second-order valence-corrected chi connectivity index (χ2v) is 6.76. The zero-order valence-electron chi connectivity index (χ0n) is 13.1. The van der Waals surface area contributed by atoms with E-state index in [0.717, 1.165) is 22.7 Å². The lowest BCUT2D eigenvalue weighted by Gasteiger charge is -2.21. The molecule has 1 aliphatic rings. The van der Waals surface area contributed by atoms with Crippen LogP contribution in [0, 0.1) is 5.82 Å². The number of nitrogens with zero attached hydrogens (tertiary/aromatic N) is 2. The van der Waals surface area contributed by atoms with Gasteiger partial charge in [-0.05, 0) is 49.2 Å². The van der Waals surface area contributed by atoms with Gasteiger partial charge in [0.25, 0.3) is 5.91 Å². The SMILES string of the molecule is CC1Cc2ccccc2N1C(=O)c1csc(-c2ccc(F)cc2)n1. The van der Waals surface area contributed by atoms with Gasteiger partial charge in [-0.2, -0.15) is 0 Å². The fraction of sp³-hybridized carbons (Fsp3) is 0.158. The minimum atomic E-state index is -0.283. The Hall–Kier alpha value is -2.53. The number of fused-ring (bicyclic) bond motifs is 1. The Kier molecular flexibility index (Phi) is 3.65. The average Bonchev–Trinajstić information content (AvgIpc) is 3.19. The molecule has 0 fully saturated rings. The summed E-state index contributed by atoms with van der Waals surface area (Å²) in [4.78, 5) is 19.2. The van der Waals surface area contributed by atoms with Crippen molar-refractivity contribution in [3.05, 3.63) is 71.0 Å². The monoisotopic (exact) mass is 338 g/mol. The van der Waals surface area contributed by atoms with Crippen molar-refractivity contribution in [2.45, 2.75) is 19.4 Å². The number of carbonyl (C=O) groups is 1. The molecule has 0 bridgehead atoms. The number of benzene rings is 2. The molecule has 2 aromatic carbocycles. The summed E-state index contributed by atoms with van der Waals surface area (Å²) >= 11 is 1.40. The van der Waals surface area contributed by atoms with Gasteiger partial charge < -0.3 is 4.90 Å². The van der Waals surface area contributed by atoms with Crippen LogP contribution in [0.25, 0.3) is 10.6 Å². The Morgan fingerprint density at radius 2 is 1.96 bits per heavy atom. The van der Waals surface area contributed by atoms with E-state index in [1.165, 1.54) is 29.0 Å². The number of halogens is 1. The maximum atomic E-state index is 13.0. The molecule has 0 N–H and O–H groups in total. The fourth-order valence-corrected chi connectivity index (χ4v) is 3.90. The maximum absolute atomic E-state index is 13.0. The normalized spacial score (nSPS) is 16.2. The number of anilines is 1. The van der Waals surface area contributed by atoms with Gasteiger partial charge in [0, 0.05) is 22.7 Å². The summed E-state index contributed by atoms with van der Waals surface area (Å²) in [5, 5.41) is 2.49. The first-order valence-corrected chi connectivity index (χ1v) is 8.64. The lowest BCUT2D eigenvalue weighted by Crippen LogP contribution is -2.35. The van der Waals surface area contributed by atoms with Crippen LogP contribution >= 0.6 is 11.3 Å². The van der Waals surface area contributed by atoms with Crippen molar-refractivity contribution in [2.24, 2.45) is 0 Å². The van der Waals surface area contributed by atoms with Crippen molar-refractivity contribution in [3.63, 3.8) is 0 Å². The second kappa shape index (κ2) is 5.83. The number of thiazole rings is 1. The van der Waals surface area contributed by atoms with Gasteiger partial charge in [-0.25, -0.2) is 9.37 Å². The number of amides is 1. The van der Waals surface area contributed by atoms with Gasteiger partial charge in [0.05, 0.1) is 0 Å². The van der Waals surface area contributed by atoms with Crippen molar-refractivity contribution in [2.75, 3.05) is 4.90 Å². The van der Waals surface area contributed by atoms with Gasteiger partial charge in [-0.3, -0.25) is 4.79 Å². The fourth-order valence-electron chi connectivity index (χ4n) is 3.10. The van der Waals surface area contributed by atoms with E-state index in [4.69, 9.17) is 0 Å². The van der Waals surface area contributed by atoms with E-state index >= 15 is 0 Å². The second-order valence-electron chi connectivity index (χ2n) is 5.90. The highest BCUT2D eigenvalue weighted by atomic mass is 32.1. The Morgan fingerprint density at radius 1 is 1.21 bits per heavy atom. The number of rotatable bonds is 2. The quantitative estimate of drug-likeness (QED) is 0.687. The molecule has 1 unspecified atom stereocenters. The van der Waals surface area contributed by atoms with Crippen molar-refractivity contribution >= 4 is 22.9 Å². The van der Waals surface area contributed by atoms with E-state index in [-0.39, 0.29) is 17.8 Å². The molecule has 24 heavy (non-hydrogen) atoms. The molecule has 0 radical (unpaired) electrons. The minimum absolute atomic E-state index is 0.0861. The van der Waals surface area contributed by atoms with Crippen molar-refractivity contribution in [1.82, 2.24) is 4.98 Å². The Labute approximate surface area is 143 Å². The Morgan fingerprint density at radius 3 is 2.75 bits per heavy atom. The number of hydrogen-bond acceptors (Lipinski definition) is 3. The van der Waals surface area contributed by atoms with Gasteiger partial charge in [-0.1, -0.05) is 18.2 Å². The number of para-hydroxylation sites is 1. The van der Waals surface area contributed by atoms with Crippen LogP contribution in [-0.2, 0) is 6.42 Å². The van der Waals surface area contributed by atoms with E-state index in [1.807, 2.05) is 30.0 Å². The molecule has 120 valence electrons. The van der Waals surface area contributed by atoms with E-state index < -0.39 is 0 Å². The molecule has 0 saturated carbocycles. The van der Waals surface area contributed by atoms with E-state index in [9.17, 15) is 9.18 Å². The maximum Gasteiger partial charge on any atom is 0.278 e. The molecule has 1 aliphatic heterocycles. The van der Waals surface area contributed by atoms with Crippen LogP contribution in [0.15, 0.2) is 53.9 Å². The Balaban J connectivity index is 1.65. The van der Waals surface area contributed by atoms with Crippen molar-refractivity contribution in [1.29, 1.82) is 0 Å². The predicted molar refractivity (Wildman–Crippen MR) is 93.9 cm³/mol. The third-order valence-electron chi connectivity index (χ3n) is 4.24. The predicted octanol–water partition coefficient (Wildman–Crippen LogP) is 4.54. The molecule has 0 spiro atoms. The van der Waals surface area contributed by atoms with Crippen LogP contribution in [0.5, 0.6) is 0 Å². The largest absolute Gasteiger partial charge is 0.304 e. The lowest BCUT2D eigenvalue weighted by atomic mass is 10.1. The van der Waals surface area contributed by atoms with Gasteiger partial charge in [0.1, 0.15) is 16.5 Å². The molecule has 3 nitrogen and oxygen atoms in total. The lowest BCUT2D eigenvalue weighted by molar-refractivity contribution is 0.0977. The molecule has 4 rings (SSSR count). The van der Waals surface area contributed by atoms with Crippen molar-refractivity contribution < 1.29 is 9.18 Å². The van der Waals surface area contributed by atoms with Crippen LogP contribution in [0.2, 0.25) is 0 Å². The molecular weight excluding hydrogens is 323 g/mol. The average molecular weight is 338 g/mol. The van der Waals surface area contributed by atoms with Crippen LogP contribution in [0.3, 0.4) is 0 Å². The van der Waals surface area contributed by atoms with E-state index in [0.29, 0.717) is 5.69 Å². The van der Waals surface area contributed by atoms with Crippen LogP contribution in [-0.4, -0.2) is 16.9 Å². The van der Waals surface area contributed by atoms with Gasteiger partial charge in [-0.15, -0.1) is 11.3 Å². The number of aromatic nitrogens is 1. The smallest absolute Gasteiger partial charge is 0.278 e. The first-order chi connectivity index (χ1) is 11.6. The summed E-state index contributed by atoms with van der Waals surface area (Å²) in [5.74, 6) is -0.369. The third kappa shape index (κ3) is 2.51. The molecule has 5 heteroatoms. The Bertz CT molecular complexity index is 904. The summed E-state index contributed by atoms with van der Waals surface area (Å²) in [7, 11) is 0. The summed E-state index contributed by atoms with van der Waals surface area (Å²) < 4.78 is 13.0. The minimum Gasteiger partial charge on any atom is -0.304 e. The zero-order valence-corrected chi connectivity index (χ0v) is 13.9. The van der Waals surface area contributed by atoms with E-state index in [2.05, 4.69) is 11.1 Å². The van der Waals surface area contributed by atoms with Crippen LogP contribution < -0.4 is 4.90 Å².